The van der Waals surface area contributed by atoms with Crippen LogP contribution >= 0.6 is 46.4 Å². The maximum atomic E-state index is 13.5. The highest BCUT2D eigenvalue weighted by Crippen LogP contribution is 2.40. The molecular formula is C27H15Cl4NO2. The summed E-state index contributed by atoms with van der Waals surface area (Å²) in [6.07, 6.45) is 3.53. The van der Waals surface area contributed by atoms with Gasteiger partial charge in [0.1, 0.15) is 11.5 Å². The number of carbonyl (C=O) groups excluding carboxylic acids is 1. The van der Waals surface area contributed by atoms with E-state index in [-0.39, 0.29) is 5.91 Å². The molecule has 0 saturated carbocycles. The van der Waals surface area contributed by atoms with Crippen molar-refractivity contribution in [2.24, 2.45) is 0 Å². The molecule has 7 heteroatoms. The summed E-state index contributed by atoms with van der Waals surface area (Å²) < 4.78 is 5.97. The van der Waals surface area contributed by atoms with E-state index in [9.17, 15) is 4.79 Å². The number of carbonyl (C=O) groups is 1. The Balaban J connectivity index is 1.55. The second-order valence-corrected chi connectivity index (χ2v) is 9.22. The van der Waals surface area contributed by atoms with Gasteiger partial charge in [-0.25, -0.2) is 0 Å². The van der Waals surface area contributed by atoms with Gasteiger partial charge < -0.3 is 4.42 Å². The molecule has 3 nitrogen and oxygen atoms in total. The lowest BCUT2D eigenvalue weighted by atomic mass is 10.1. The van der Waals surface area contributed by atoms with Crippen LogP contribution in [0.2, 0.25) is 20.1 Å². The van der Waals surface area contributed by atoms with Gasteiger partial charge in [-0.15, -0.1) is 0 Å². The van der Waals surface area contributed by atoms with E-state index in [1.807, 2.05) is 48.5 Å². The Labute approximate surface area is 216 Å². The van der Waals surface area contributed by atoms with Gasteiger partial charge in [-0.05, 0) is 66.2 Å². The van der Waals surface area contributed by atoms with E-state index < -0.39 is 0 Å². The highest BCUT2D eigenvalue weighted by atomic mass is 35.5. The van der Waals surface area contributed by atoms with Crippen molar-refractivity contribution in [2.45, 2.75) is 0 Å². The summed E-state index contributed by atoms with van der Waals surface area (Å²) in [4.78, 5) is 15.1. The summed E-state index contributed by atoms with van der Waals surface area (Å²) in [6, 6.07) is 23.6. The quantitative estimate of drug-likeness (QED) is 0.248. The average molecular weight is 527 g/mol. The van der Waals surface area contributed by atoms with Crippen molar-refractivity contribution in [3.05, 3.63) is 122 Å². The Morgan fingerprint density at radius 2 is 1.53 bits per heavy atom. The number of halogens is 4. The standard InChI is InChI=1S/C27H15Cl4NO2/c28-19-7-10-24(23(31)15-19)32-25(16-4-2-1-3-5-16)14-18(27(32)33)12-20-8-11-26(34-20)17-6-9-21(29)22(30)13-17/h1-15H/b18-12+. The van der Waals surface area contributed by atoms with Gasteiger partial charge in [-0.3, -0.25) is 9.69 Å². The Morgan fingerprint density at radius 3 is 2.26 bits per heavy atom. The fourth-order valence-electron chi connectivity index (χ4n) is 3.73. The van der Waals surface area contributed by atoms with Gasteiger partial charge in [0.05, 0.1) is 26.5 Å². The Bertz CT molecular complexity index is 1470. The first-order valence-corrected chi connectivity index (χ1v) is 11.8. The van der Waals surface area contributed by atoms with Crippen LogP contribution in [0.4, 0.5) is 5.69 Å². The highest BCUT2D eigenvalue weighted by molar-refractivity contribution is 6.42. The van der Waals surface area contributed by atoms with E-state index in [4.69, 9.17) is 50.8 Å². The van der Waals surface area contributed by atoms with E-state index in [0.29, 0.717) is 48.6 Å². The second kappa shape index (κ2) is 9.36. The van der Waals surface area contributed by atoms with Crippen LogP contribution in [0.3, 0.4) is 0 Å². The van der Waals surface area contributed by atoms with E-state index in [1.165, 1.54) is 0 Å². The monoisotopic (exact) mass is 525 g/mol. The lowest BCUT2D eigenvalue weighted by Crippen LogP contribution is -2.25. The van der Waals surface area contributed by atoms with E-state index in [2.05, 4.69) is 0 Å². The van der Waals surface area contributed by atoms with Crippen molar-refractivity contribution in [2.75, 3.05) is 4.90 Å². The molecule has 34 heavy (non-hydrogen) atoms. The molecule has 2 heterocycles. The molecule has 168 valence electrons. The summed E-state index contributed by atoms with van der Waals surface area (Å²) in [5.41, 5.74) is 3.37. The number of rotatable bonds is 4. The molecule has 1 aromatic heterocycles. The van der Waals surface area contributed by atoms with Crippen LogP contribution in [0.15, 0.2) is 94.9 Å². The fourth-order valence-corrected chi connectivity index (χ4v) is 4.52. The lowest BCUT2D eigenvalue weighted by molar-refractivity contribution is -0.113. The molecule has 0 spiro atoms. The maximum Gasteiger partial charge on any atom is 0.263 e. The van der Waals surface area contributed by atoms with Crippen molar-refractivity contribution in [3.63, 3.8) is 0 Å². The number of hydrogen-bond acceptors (Lipinski definition) is 2. The van der Waals surface area contributed by atoms with Crippen LogP contribution in [0.25, 0.3) is 23.1 Å². The molecule has 0 bridgehead atoms. The molecule has 0 N–H and O–H groups in total. The summed E-state index contributed by atoms with van der Waals surface area (Å²) in [6.45, 7) is 0. The van der Waals surface area contributed by atoms with Gasteiger partial charge in [0.25, 0.3) is 5.91 Å². The zero-order chi connectivity index (χ0) is 23.8. The molecule has 3 aromatic carbocycles. The first-order valence-electron chi connectivity index (χ1n) is 10.2. The number of hydrogen-bond donors (Lipinski definition) is 0. The zero-order valence-corrected chi connectivity index (χ0v) is 20.5. The first-order chi connectivity index (χ1) is 16.4. The van der Waals surface area contributed by atoms with Gasteiger partial charge in [-0.1, -0.05) is 76.7 Å². The molecule has 5 rings (SSSR count). The normalized spacial score (nSPS) is 14.7. The van der Waals surface area contributed by atoms with E-state index in [0.717, 1.165) is 11.1 Å². The third-order valence-electron chi connectivity index (χ3n) is 5.33. The molecule has 0 radical (unpaired) electrons. The predicted octanol–water partition coefficient (Wildman–Crippen LogP) is 9.03. The highest BCUT2D eigenvalue weighted by Gasteiger charge is 2.32. The molecule has 1 amide bonds. The minimum Gasteiger partial charge on any atom is -0.457 e. The molecule has 1 aliphatic heterocycles. The molecule has 0 unspecified atom stereocenters. The number of anilines is 1. The Morgan fingerprint density at radius 1 is 0.735 bits per heavy atom. The third-order valence-corrected chi connectivity index (χ3v) is 6.61. The van der Waals surface area contributed by atoms with Crippen LogP contribution in [0.1, 0.15) is 11.3 Å². The minimum atomic E-state index is -0.226. The van der Waals surface area contributed by atoms with Crippen LogP contribution in [-0.2, 0) is 4.79 Å². The molecule has 1 aliphatic rings. The summed E-state index contributed by atoms with van der Waals surface area (Å²) in [5.74, 6) is 0.911. The van der Waals surface area contributed by atoms with Crippen molar-refractivity contribution < 1.29 is 9.21 Å². The zero-order valence-electron chi connectivity index (χ0n) is 17.4. The average Bonchev–Trinajstić information content (AvgIpc) is 3.42. The SMILES string of the molecule is O=C1/C(=C/c2ccc(-c3ccc(Cl)c(Cl)c3)o2)C=C(c2ccccc2)N1c1ccc(Cl)cc1Cl. The molecular weight excluding hydrogens is 512 g/mol. The van der Waals surface area contributed by atoms with E-state index >= 15 is 0 Å². The smallest absolute Gasteiger partial charge is 0.263 e. The molecule has 0 aliphatic carbocycles. The summed E-state index contributed by atoms with van der Waals surface area (Å²) in [7, 11) is 0. The Hall–Kier alpha value is -2.95. The predicted molar refractivity (Wildman–Crippen MR) is 141 cm³/mol. The number of nitrogens with zero attached hydrogens (tertiary/aromatic N) is 1. The topological polar surface area (TPSA) is 33.5 Å². The number of furan rings is 1. The van der Waals surface area contributed by atoms with Crippen LogP contribution < -0.4 is 4.90 Å². The van der Waals surface area contributed by atoms with Crippen molar-refractivity contribution in [3.8, 4) is 11.3 Å². The molecule has 0 fully saturated rings. The molecule has 0 atom stereocenters. The van der Waals surface area contributed by atoms with Crippen molar-refractivity contribution in [1.82, 2.24) is 0 Å². The van der Waals surface area contributed by atoms with Crippen LogP contribution in [-0.4, -0.2) is 5.91 Å². The maximum absolute atomic E-state index is 13.5. The van der Waals surface area contributed by atoms with Gasteiger partial charge in [0.15, 0.2) is 0 Å². The summed E-state index contributed by atoms with van der Waals surface area (Å²) >= 11 is 24.7. The first kappa shape index (κ1) is 22.8. The third kappa shape index (κ3) is 4.40. The largest absolute Gasteiger partial charge is 0.457 e. The summed E-state index contributed by atoms with van der Waals surface area (Å²) in [5, 5.41) is 1.78. The number of benzene rings is 3. The molecule has 4 aromatic rings. The molecule has 0 saturated heterocycles. The van der Waals surface area contributed by atoms with Crippen LogP contribution in [0.5, 0.6) is 0 Å². The van der Waals surface area contributed by atoms with E-state index in [1.54, 1.807) is 47.4 Å². The Kier molecular flexibility index (Phi) is 6.28. The minimum absolute atomic E-state index is 0.226. The van der Waals surface area contributed by atoms with Crippen LogP contribution in [0, 0.1) is 0 Å². The van der Waals surface area contributed by atoms with Crippen molar-refractivity contribution in [1.29, 1.82) is 0 Å². The number of amides is 1. The van der Waals surface area contributed by atoms with Gasteiger partial charge in [0.2, 0.25) is 0 Å². The van der Waals surface area contributed by atoms with Gasteiger partial charge in [0, 0.05) is 16.2 Å². The second-order valence-electron chi connectivity index (χ2n) is 7.56. The van der Waals surface area contributed by atoms with Gasteiger partial charge in [-0.2, -0.15) is 0 Å². The van der Waals surface area contributed by atoms with Crippen molar-refractivity contribution >= 4 is 69.8 Å². The lowest BCUT2D eigenvalue weighted by Gasteiger charge is -2.22. The fraction of sp³-hybridized carbons (Fsp3) is 0. The van der Waals surface area contributed by atoms with Gasteiger partial charge >= 0.3 is 0 Å².